The molecular weight excluding hydrogens is 540 g/mol. The van der Waals surface area contributed by atoms with Crippen molar-refractivity contribution in [3.8, 4) is 11.5 Å². The van der Waals surface area contributed by atoms with E-state index in [-0.39, 0.29) is 24.0 Å². The number of likely N-dealkylation sites (N-methyl/N-ethyl adjacent to an activating group) is 1. The number of nitrogens with zero attached hydrogens (tertiary/aromatic N) is 1. The van der Waals surface area contributed by atoms with Crippen molar-refractivity contribution in [3.63, 3.8) is 0 Å². The first kappa shape index (κ1) is 29.9. The largest absolute Gasteiger partial charge is 0.541 e. The van der Waals surface area contributed by atoms with Gasteiger partial charge in [0, 0.05) is 24.6 Å². The molecule has 2 N–H and O–H groups in total. The second-order valence-electron chi connectivity index (χ2n) is 14.6. The predicted octanol–water partition coefficient (Wildman–Crippen LogP) is 4.81. The average Bonchev–Trinajstić information content (AvgIpc) is 3.18. The maximum atomic E-state index is 13.0. The number of piperidine rings is 1. The molecular formula is C31H46N2O7Si. The lowest BCUT2D eigenvalue weighted by atomic mass is 9.50. The van der Waals surface area contributed by atoms with Crippen LogP contribution in [0.3, 0.4) is 0 Å². The van der Waals surface area contributed by atoms with Gasteiger partial charge in [0.1, 0.15) is 17.1 Å². The summed E-state index contributed by atoms with van der Waals surface area (Å²) in [6, 6.07) is 4.06. The van der Waals surface area contributed by atoms with Gasteiger partial charge in [-0.15, -0.1) is 0 Å². The lowest BCUT2D eigenvalue weighted by molar-refractivity contribution is -0.169. The summed E-state index contributed by atoms with van der Waals surface area (Å²) < 4.78 is 24.7. The Kier molecular flexibility index (Phi) is 7.11. The van der Waals surface area contributed by atoms with Crippen molar-refractivity contribution in [2.45, 2.75) is 114 Å². The van der Waals surface area contributed by atoms with Crippen LogP contribution in [0.2, 0.25) is 18.1 Å². The molecule has 0 aromatic heterocycles. The zero-order valence-electron chi connectivity index (χ0n) is 26.0. The molecule has 41 heavy (non-hydrogen) atoms. The highest BCUT2D eigenvalue weighted by Crippen LogP contribution is 2.65. The number of hydrogen-bond acceptors (Lipinski definition) is 8. The van der Waals surface area contributed by atoms with E-state index in [0.29, 0.717) is 36.5 Å². The van der Waals surface area contributed by atoms with Crippen LogP contribution in [-0.2, 0) is 26.1 Å². The van der Waals surface area contributed by atoms with E-state index in [1.807, 2.05) is 12.1 Å². The van der Waals surface area contributed by atoms with Crippen molar-refractivity contribution in [1.82, 2.24) is 10.2 Å². The highest BCUT2D eigenvalue weighted by Gasteiger charge is 2.72. The minimum atomic E-state index is -2.20. The van der Waals surface area contributed by atoms with Gasteiger partial charge in [-0.1, -0.05) is 26.8 Å². The Morgan fingerprint density at radius 2 is 1.90 bits per heavy atom. The number of ether oxygens (including phenoxy) is 3. The molecule has 1 spiro atoms. The zero-order chi connectivity index (χ0) is 30.2. The van der Waals surface area contributed by atoms with Crippen LogP contribution in [0, 0.1) is 0 Å². The molecule has 0 radical (unpaired) electrons. The standard InChI is InChI=1S/C31H46N2O7Si/c1-28(2,3)39-27(35)32-16-13-23(34)37-21-12-14-31(36)22-18-19-10-11-20(40-41(8,9)29(4,5)6)25-24(19)30(31,26(21)38-25)15-17-33(22)7/h10-12,22,26,36H,13-18H2,1-9H3,(H,32,35)/t22-,26-,30-,31+/m0/s1. The van der Waals surface area contributed by atoms with Gasteiger partial charge in [0.2, 0.25) is 0 Å². The van der Waals surface area contributed by atoms with Crippen LogP contribution >= 0.6 is 0 Å². The van der Waals surface area contributed by atoms with Crippen LogP contribution in [0.5, 0.6) is 11.5 Å². The van der Waals surface area contributed by atoms with Gasteiger partial charge in [-0.3, -0.25) is 4.79 Å². The summed E-state index contributed by atoms with van der Waals surface area (Å²) in [6.07, 6.45) is 2.29. The Morgan fingerprint density at radius 1 is 1.20 bits per heavy atom. The van der Waals surface area contributed by atoms with Gasteiger partial charge in [-0.25, -0.2) is 4.79 Å². The minimum absolute atomic E-state index is 0.00735. The molecule has 1 amide bonds. The van der Waals surface area contributed by atoms with Gasteiger partial charge in [0.25, 0.3) is 8.32 Å². The topological polar surface area (TPSA) is 107 Å². The number of hydrogen-bond donors (Lipinski definition) is 2. The van der Waals surface area contributed by atoms with E-state index in [1.165, 1.54) is 0 Å². The Balaban J connectivity index is 1.45. The Bertz CT molecular complexity index is 1280. The first-order chi connectivity index (χ1) is 18.9. The zero-order valence-corrected chi connectivity index (χ0v) is 27.0. The van der Waals surface area contributed by atoms with Crippen molar-refractivity contribution < 1.29 is 33.3 Å². The van der Waals surface area contributed by atoms with Gasteiger partial charge in [-0.05, 0) is 83.0 Å². The fourth-order valence-corrected chi connectivity index (χ4v) is 7.72. The Hall–Kier alpha value is -2.56. The number of carbonyl (C=O) groups is 2. The molecule has 4 atom stereocenters. The second kappa shape index (κ2) is 9.74. The number of carbonyl (C=O) groups excluding carboxylic acids is 2. The molecule has 2 aliphatic carbocycles. The van der Waals surface area contributed by atoms with Gasteiger partial charge >= 0.3 is 12.1 Å². The number of nitrogens with one attached hydrogen (secondary N) is 1. The SMILES string of the molecule is CN1CC[C@]23c4c5ccc(O[Si](C)(C)C(C)(C)C)c4O[C@H]2C(OC(=O)CCNC(=O)OC(C)(C)C)=CC[C@@]3(O)[C@@H]1C5. The predicted molar refractivity (Wildman–Crippen MR) is 158 cm³/mol. The number of alkyl carbamates (subject to hydrolysis) is 1. The molecule has 4 aliphatic rings. The van der Waals surface area contributed by atoms with Crippen LogP contribution < -0.4 is 14.5 Å². The molecule has 10 heteroatoms. The molecule has 5 rings (SSSR count). The van der Waals surface area contributed by atoms with Crippen molar-refractivity contribution in [1.29, 1.82) is 0 Å². The number of amides is 1. The van der Waals surface area contributed by atoms with Crippen LogP contribution in [-0.4, -0.2) is 73.9 Å². The quantitative estimate of drug-likeness (QED) is 0.362. The third-order valence-electron chi connectivity index (χ3n) is 9.74. The first-order valence-corrected chi connectivity index (χ1v) is 17.6. The lowest BCUT2D eigenvalue weighted by Crippen LogP contribution is -2.74. The van der Waals surface area contributed by atoms with Crippen LogP contribution in [0.4, 0.5) is 4.79 Å². The maximum Gasteiger partial charge on any atom is 0.407 e. The molecule has 1 aromatic carbocycles. The lowest BCUT2D eigenvalue weighted by Gasteiger charge is -2.61. The van der Waals surface area contributed by atoms with Crippen LogP contribution in [0.1, 0.15) is 71.9 Å². The summed E-state index contributed by atoms with van der Waals surface area (Å²) in [6.45, 7) is 17.2. The van der Waals surface area contributed by atoms with E-state index in [1.54, 1.807) is 20.8 Å². The molecule has 1 fully saturated rings. The molecule has 1 saturated heterocycles. The van der Waals surface area contributed by atoms with Crippen molar-refractivity contribution in [2.75, 3.05) is 20.1 Å². The summed E-state index contributed by atoms with van der Waals surface area (Å²) >= 11 is 0. The molecule has 9 nitrogen and oxygen atoms in total. The Morgan fingerprint density at radius 3 is 2.56 bits per heavy atom. The number of rotatable bonds is 6. The smallest absolute Gasteiger partial charge is 0.407 e. The Labute approximate surface area is 244 Å². The number of esters is 1. The van der Waals surface area contributed by atoms with Crippen molar-refractivity contribution in [2.24, 2.45) is 0 Å². The van der Waals surface area contributed by atoms with E-state index in [0.717, 1.165) is 17.7 Å². The summed E-state index contributed by atoms with van der Waals surface area (Å²) in [4.78, 5) is 27.2. The number of likely N-dealkylation sites (tertiary alicyclic amines) is 1. The normalized spacial score (nSPS) is 28.7. The molecule has 226 valence electrons. The fraction of sp³-hybridized carbons (Fsp3) is 0.677. The van der Waals surface area contributed by atoms with Gasteiger partial charge in [-0.2, -0.15) is 0 Å². The second-order valence-corrected chi connectivity index (χ2v) is 19.3. The fourth-order valence-electron chi connectivity index (χ4n) is 6.70. The summed E-state index contributed by atoms with van der Waals surface area (Å²) in [5.74, 6) is 1.31. The summed E-state index contributed by atoms with van der Waals surface area (Å²) in [7, 11) is -0.128. The van der Waals surface area contributed by atoms with Crippen LogP contribution in [0.25, 0.3) is 0 Å². The van der Waals surface area contributed by atoms with E-state index >= 15 is 0 Å². The monoisotopic (exact) mass is 586 g/mol. The molecule has 1 aromatic rings. The average molecular weight is 587 g/mol. The molecule has 0 saturated carbocycles. The summed E-state index contributed by atoms with van der Waals surface area (Å²) in [5.41, 5.74) is -0.286. The van der Waals surface area contributed by atoms with Crippen molar-refractivity contribution >= 4 is 20.4 Å². The highest BCUT2D eigenvalue weighted by atomic mass is 28.4. The third-order valence-corrected chi connectivity index (χ3v) is 14.1. The van der Waals surface area contributed by atoms with Gasteiger partial charge in [0.05, 0.1) is 17.4 Å². The first-order valence-electron chi connectivity index (χ1n) is 14.7. The minimum Gasteiger partial charge on any atom is -0.541 e. The maximum absolute atomic E-state index is 13.0. The van der Waals surface area contributed by atoms with Gasteiger partial charge < -0.3 is 34.0 Å². The summed E-state index contributed by atoms with van der Waals surface area (Å²) in [5, 5.41) is 15.1. The van der Waals surface area contributed by atoms with Gasteiger partial charge in [0.15, 0.2) is 11.9 Å². The van der Waals surface area contributed by atoms with Crippen LogP contribution in [0.15, 0.2) is 24.0 Å². The number of aliphatic hydroxyl groups is 1. The van der Waals surface area contributed by atoms with E-state index in [2.05, 4.69) is 57.2 Å². The molecule has 0 unspecified atom stereocenters. The third kappa shape index (κ3) is 4.85. The highest BCUT2D eigenvalue weighted by molar-refractivity contribution is 6.74. The molecule has 2 aliphatic heterocycles. The number of benzene rings is 1. The van der Waals surface area contributed by atoms with E-state index < -0.39 is 43.1 Å². The molecule has 2 heterocycles. The molecule has 2 bridgehead atoms. The van der Waals surface area contributed by atoms with E-state index in [9.17, 15) is 14.7 Å². The van der Waals surface area contributed by atoms with E-state index in [4.69, 9.17) is 18.6 Å². The van der Waals surface area contributed by atoms with Crippen molar-refractivity contribution in [3.05, 3.63) is 35.1 Å².